The van der Waals surface area contributed by atoms with Gasteiger partial charge < -0.3 is 4.74 Å². The number of rotatable bonds is 2. The van der Waals surface area contributed by atoms with Gasteiger partial charge in [0.15, 0.2) is 0 Å². The second kappa shape index (κ2) is 3.48. The van der Waals surface area contributed by atoms with Crippen LogP contribution in [-0.4, -0.2) is 6.10 Å². The molecule has 1 aromatic carbocycles. The molecular formula is C10H11BrO. The van der Waals surface area contributed by atoms with Crippen molar-refractivity contribution in [3.8, 4) is 5.75 Å². The minimum absolute atomic E-state index is 0.462. The van der Waals surface area contributed by atoms with Crippen molar-refractivity contribution >= 4 is 15.9 Å². The first-order valence-electron chi connectivity index (χ1n) is 4.27. The van der Waals surface area contributed by atoms with E-state index in [9.17, 15) is 0 Å². The lowest BCUT2D eigenvalue weighted by Gasteiger charge is -2.26. The van der Waals surface area contributed by atoms with Gasteiger partial charge in [-0.2, -0.15) is 0 Å². The number of halogens is 1. The van der Waals surface area contributed by atoms with Crippen molar-refractivity contribution in [2.24, 2.45) is 0 Å². The highest BCUT2D eigenvalue weighted by Crippen LogP contribution is 2.30. The van der Waals surface area contributed by atoms with Crippen LogP contribution in [0.25, 0.3) is 0 Å². The summed E-state index contributed by atoms with van der Waals surface area (Å²) in [6.45, 7) is 0. The Morgan fingerprint density at radius 3 is 2.58 bits per heavy atom. The minimum atomic E-state index is 0.462. The molecule has 1 aliphatic rings. The van der Waals surface area contributed by atoms with Gasteiger partial charge in [-0.15, -0.1) is 0 Å². The second-order valence-corrected chi connectivity index (χ2v) is 3.96. The Hall–Kier alpha value is -0.500. The van der Waals surface area contributed by atoms with Crippen LogP contribution in [0.1, 0.15) is 19.3 Å². The molecule has 0 heterocycles. The molecule has 1 saturated carbocycles. The van der Waals surface area contributed by atoms with Crippen LogP contribution in [0.3, 0.4) is 0 Å². The van der Waals surface area contributed by atoms with Gasteiger partial charge in [-0.05, 0) is 47.3 Å². The van der Waals surface area contributed by atoms with Crippen molar-refractivity contribution < 1.29 is 4.74 Å². The third-order valence-electron chi connectivity index (χ3n) is 2.18. The molecule has 0 amide bonds. The molecule has 1 aromatic rings. The highest BCUT2D eigenvalue weighted by molar-refractivity contribution is 9.10. The van der Waals surface area contributed by atoms with E-state index in [1.54, 1.807) is 0 Å². The predicted molar refractivity (Wildman–Crippen MR) is 52.4 cm³/mol. The van der Waals surface area contributed by atoms with Crippen molar-refractivity contribution in [3.63, 3.8) is 0 Å². The summed E-state index contributed by atoms with van der Waals surface area (Å²) < 4.78 is 6.79. The molecule has 0 bridgehead atoms. The first-order chi connectivity index (χ1) is 5.86. The van der Waals surface area contributed by atoms with Gasteiger partial charge in [0.1, 0.15) is 5.75 Å². The lowest BCUT2D eigenvalue weighted by atomic mass is 9.96. The zero-order valence-electron chi connectivity index (χ0n) is 6.79. The molecule has 2 rings (SSSR count). The van der Waals surface area contributed by atoms with Crippen LogP contribution in [0.15, 0.2) is 28.7 Å². The van der Waals surface area contributed by atoms with E-state index in [1.165, 1.54) is 19.3 Å². The van der Waals surface area contributed by atoms with Gasteiger partial charge in [0.2, 0.25) is 0 Å². The number of para-hydroxylation sites is 1. The maximum Gasteiger partial charge on any atom is 0.133 e. The van der Waals surface area contributed by atoms with Gasteiger partial charge in [0.05, 0.1) is 10.6 Å². The lowest BCUT2D eigenvalue weighted by molar-refractivity contribution is 0.119. The quantitative estimate of drug-likeness (QED) is 0.752. The van der Waals surface area contributed by atoms with Gasteiger partial charge in [0, 0.05) is 0 Å². The van der Waals surface area contributed by atoms with Crippen molar-refractivity contribution in [1.82, 2.24) is 0 Å². The number of hydrogen-bond acceptors (Lipinski definition) is 1. The number of hydrogen-bond donors (Lipinski definition) is 0. The Bertz CT molecular complexity index is 268. The molecule has 0 aromatic heterocycles. The summed E-state index contributed by atoms with van der Waals surface area (Å²) in [5.41, 5.74) is 0. The van der Waals surface area contributed by atoms with Crippen molar-refractivity contribution in [2.75, 3.05) is 0 Å². The molecule has 0 N–H and O–H groups in total. The van der Waals surface area contributed by atoms with Crippen LogP contribution in [0.2, 0.25) is 0 Å². The Morgan fingerprint density at radius 2 is 2.00 bits per heavy atom. The van der Waals surface area contributed by atoms with Gasteiger partial charge >= 0.3 is 0 Å². The average molecular weight is 227 g/mol. The molecule has 1 fully saturated rings. The summed E-state index contributed by atoms with van der Waals surface area (Å²) in [6, 6.07) is 8.01. The maximum absolute atomic E-state index is 5.73. The van der Waals surface area contributed by atoms with Crippen LogP contribution in [0.4, 0.5) is 0 Å². The van der Waals surface area contributed by atoms with Crippen LogP contribution < -0.4 is 4.74 Å². The maximum atomic E-state index is 5.73. The summed E-state index contributed by atoms with van der Waals surface area (Å²) in [7, 11) is 0. The summed E-state index contributed by atoms with van der Waals surface area (Å²) in [6.07, 6.45) is 4.20. The second-order valence-electron chi connectivity index (χ2n) is 3.10. The molecule has 0 atom stereocenters. The van der Waals surface area contributed by atoms with Crippen molar-refractivity contribution in [1.29, 1.82) is 0 Å². The van der Waals surface area contributed by atoms with Crippen molar-refractivity contribution in [3.05, 3.63) is 28.7 Å². The Kier molecular flexibility index (Phi) is 2.35. The molecular weight excluding hydrogens is 216 g/mol. The number of benzene rings is 1. The highest BCUT2D eigenvalue weighted by Gasteiger charge is 2.19. The third-order valence-corrected chi connectivity index (χ3v) is 2.84. The van der Waals surface area contributed by atoms with E-state index in [0.29, 0.717) is 6.10 Å². The van der Waals surface area contributed by atoms with E-state index in [4.69, 9.17) is 4.74 Å². The fraction of sp³-hybridized carbons (Fsp3) is 0.400. The average Bonchev–Trinajstić information content (AvgIpc) is 2.00. The largest absolute Gasteiger partial charge is 0.489 e. The summed E-state index contributed by atoms with van der Waals surface area (Å²) in [5, 5.41) is 0. The predicted octanol–water partition coefficient (Wildman–Crippen LogP) is 3.38. The zero-order chi connectivity index (χ0) is 8.39. The van der Waals surface area contributed by atoms with Gasteiger partial charge in [-0.3, -0.25) is 0 Å². The molecule has 0 radical (unpaired) electrons. The third kappa shape index (κ3) is 1.63. The van der Waals surface area contributed by atoms with Gasteiger partial charge in [0.25, 0.3) is 0 Å². The van der Waals surface area contributed by atoms with E-state index in [-0.39, 0.29) is 0 Å². The van der Waals surface area contributed by atoms with Crippen LogP contribution in [0, 0.1) is 0 Å². The topological polar surface area (TPSA) is 9.23 Å². The molecule has 1 aliphatic carbocycles. The fourth-order valence-electron chi connectivity index (χ4n) is 1.21. The van der Waals surface area contributed by atoms with Crippen LogP contribution >= 0.6 is 15.9 Å². The molecule has 64 valence electrons. The first kappa shape index (κ1) is 8.11. The lowest BCUT2D eigenvalue weighted by Crippen LogP contribution is -2.24. The summed E-state index contributed by atoms with van der Waals surface area (Å²) >= 11 is 3.45. The standard InChI is InChI=1S/C10H11BrO/c11-9-6-1-2-7-10(9)12-8-4-3-5-8/h1-2,6-8H,3-5H2. The summed E-state index contributed by atoms with van der Waals surface area (Å²) in [4.78, 5) is 0. The van der Waals surface area contributed by atoms with E-state index in [1.807, 2.05) is 24.3 Å². The Morgan fingerprint density at radius 1 is 1.25 bits per heavy atom. The summed E-state index contributed by atoms with van der Waals surface area (Å²) in [5.74, 6) is 0.974. The molecule has 2 heteroatoms. The highest BCUT2D eigenvalue weighted by atomic mass is 79.9. The van der Waals surface area contributed by atoms with E-state index < -0.39 is 0 Å². The van der Waals surface area contributed by atoms with Gasteiger partial charge in [-0.1, -0.05) is 12.1 Å². The minimum Gasteiger partial charge on any atom is -0.489 e. The molecule has 1 nitrogen and oxygen atoms in total. The van der Waals surface area contributed by atoms with E-state index >= 15 is 0 Å². The van der Waals surface area contributed by atoms with Gasteiger partial charge in [-0.25, -0.2) is 0 Å². The molecule has 0 saturated heterocycles. The monoisotopic (exact) mass is 226 g/mol. The molecule has 0 aliphatic heterocycles. The Balaban J connectivity index is 2.06. The zero-order valence-corrected chi connectivity index (χ0v) is 8.38. The molecule has 12 heavy (non-hydrogen) atoms. The SMILES string of the molecule is Brc1ccccc1OC1CCC1. The number of ether oxygens (including phenoxy) is 1. The van der Waals surface area contributed by atoms with E-state index in [2.05, 4.69) is 15.9 Å². The van der Waals surface area contributed by atoms with Crippen LogP contribution in [0.5, 0.6) is 5.75 Å². The smallest absolute Gasteiger partial charge is 0.133 e. The Labute approximate surface area is 80.9 Å². The first-order valence-corrected chi connectivity index (χ1v) is 5.07. The van der Waals surface area contributed by atoms with E-state index in [0.717, 1.165) is 10.2 Å². The van der Waals surface area contributed by atoms with Crippen LogP contribution in [-0.2, 0) is 0 Å². The fourth-order valence-corrected chi connectivity index (χ4v) is 1.59. The normalized spacial score (nSPS) is 17.1. The molecule has 0 unspecified atom stereocenters. The molecule has 0 spiro atoms. The van der Waals surface area contributed by atoms with Crippen molar-refractivity contribution in [2.45, 2.75) is 25.4 Å².